The Morgan fingerprint density at radius 2 is 2.40 bits per heavy atom. The molecular weight excluding hydrogens is 302 g/mol. The van der Waals surface area contributed by atoms with E-state index in [4.69, 9.17) is 16.7 Å². The minimum atomic E-state index is -0.854. The third kappa shape index (κ3) is 2.72. The van der Waals surface area contributed by atoms with Crippen molar-refractivity contribution in [3.05, 3.63) is 19.8 Å². The fraction of sp³-hybridized carbons (Fsp3) is 0.444. The van der Waals surface area contributed by atoms with Crippen molar-refractivity contribution in [3.8, 4) is 0 Å². The van der Waals surface area contributed by atoms with Gasteiger partial charge in [0.15, 0.2) is 0 Å². The van der Waals surface area contributed by atoms with Crippen molar-refractivity contribution in [1.82, 2.24) is 5.32 Å². The Morgan fingerprint density at radius 3 is 2.80 bits per heavy atom. The molecule has 1 atom stereocenters. The Balaban J connectivity index is 2.18. The summed E-state index contributed by atoms with van der Waals surface area (Å²) in [4.78, 5) is 11.8. The maximum Gasteiger partial charge on any atom is 0.326 e. The number of halogens is 2. The molecule has 1 aliphatic rings. The lowest BCUT2D eigenvalue weighted by Gasteiger charge is -2.11. The molecule has 2 N–H and O–H groups in total. The number of nitrogens with one attached hydrogen (secondary N) is 1. The molecule has 0 saturated heterocycles. The largest absolute Gasteiger partial charge is 0.480 e. The molecule has 2 rings (SSSR count). The molecule has 6 heteroatoms. The highest BCUT2D eigenvalue weighted by molar-refractivity contribution is 9.10. The molecular formula is C9H9BrClNO2S. The fourth-order valence-corrected chi connectivity index (χ4v) is 3.06. The van der Waals surface area contributed by atoms with Crippen LogP contribution < -0.4 is 5.32 Å². The van der Waals surface area contributed by atoms with Crippen molar-refractivity contribution in [2.24, 2.45) is 0 Å². The highest BCUT2D eigenvalue weighted by Gasteiger charge is 2.30. The molecule has 0 amide bonds. The second-order valence-electron chi connectivity index (χ2n) is 3.48. The van der Waals surface area contributed by atoms with Gasteiger partial charge >= 0.3 is 5.97 Å². The maximum atomic E-state index is 11.1. The quantitative estimate of drug-likeness (QED) is 0.898. The fourth-order valence-electron chi connectivity index (χ4n) is 1.27. The third-order valence-electron chi connectivity index (χ3n) is 2.18. The van der Waals surface area contributed by atoms with Crippen LogP contribution in [0.2, 0.25) is 4.34 Å². The van der Waals surface area contributed by atoms with Gasteiger partial charge < -0.3 is 5.11 Å². The number of rotatable bonds is 4. The topological polar surface area (TPSA) is 49.3 Å². The summed E-state index contributed by atoms with van der Waals surface area (Å²) in [5.74, 6) is -0.854. The number of thiophene rings is 1. The van der Waals surface area contributed by atoms with E-state index < -0.39 is 12.0 Å². The van der Waals surface area contributed by atoms with Gasteiger partial charge in [0.2, 0.25) is 0 Å². The van der Waals surface area contributed by atoms with E-state index in [9.17, 15) is 4.79 Å². The van der Waals surface area contributed by atoms with Crippen LogP contribution in [-0.2, 0) is 4.79 Å². The third-order valence-corrected chi connectivity index (χ3v) is 4.71. The monoisotopic (exact) mass is 309 g/mol. The summed E-state index contributed by atoms with van der Waals surface area (Å²) in [6.45, 7) is 0. The molecule has 0 spiro atoms. The van der Waals surface area contributed by atoms with Gasteiger partial charge in [-0.1, -0.05) is 11.6 Å². The van der Waals surface area contributed by atoms with E-state index in [1.807, 2.05) is 0 Å². The molecule has 1 aromatic heterocycles. The van der Waals surface area contributed by atoms with E-state index in [0.29, 0.717) is 10.4 Å². The summed E-state index contributed by atoms with van der Waals surface area (Å²) in [5.41, 5.74) is 0. The molecule has 1 fully saturated rings. The number of aliphatic carboxylic acids is 1. The number of carboxylic acids is 1. The summed E-state index contributed by atoms with van der Waals surface area (Å²) in [7, 11) is 0. The highest BCUT2D eigenvalue weighted by atomic mass is 79.9. The Morgan fingerprint density at radius 1 is 1.73 bits per heavy atom. The van der Waals surface area contributed by atoms with Gasteiger partial charge in [-0.05, 0) is 34.8 Å². The number of hydrogen-bond acceptors (Lipinski definition) is 3. The van der Waals surface area contributed by atoms with Crippen molar-refractivity contribution in [2.45, 2.75) is 24.9 Å². The molecule has 3 nitrogen and oxygen atoms in total. The first-order chi connectivity index (χ1) is 7.08. The van der Waals surface area contributed by atoms with Crippen molar-refractivity contribution in [1.29, 1.82) is 0 Å². The molecule has 1 unspecified atom stereocenters. The predicted octanol–water partition coefficient (Wildman–Crippen LogP) is 3.04. The molecule has 1 aromatic rings. The van der Waals surface area contributed by atoms with Crippen molar-refractivity contribution >= 4 is 44.8 Å². The van der Waals surface area contributed by atoms with Gasteiger partial charge in [0.25, 0.3) is 0 Å². The zero-order chi connectivity index (χ0) is 11.0. The number of carbonyl (C=O) groups is 1. The average molecular weight is 311 g/mol. The van der Waals surface area contributed by atoms with Gasteiger partial charge in [-0.3, -0.25) is 10.1 Å². The van der Waals surface area contributed by atoms with Gasteiger partial charge in [0, 0.05) is 15.4 Å². The Bertz CT molecular complexity index is 372. The smallest absolute Gasteiger partial charge is 0.326 e. The Hall–Kier alpha value is -0.100. The lowest BCUT2D eigenvalue weighted by molar-refractivity contribution is -0.139. The Kier molecular flexibility index (Phi) is 3.35. The first kappa shape index (κ1) is 11.4. The van der Waals surface area contributed by atoms with Gasteiger partial charge in [-0.2, -0.15) is 0 Å². The second-order valence-corrected chi connectivity index (χ2v) is 6.02. The lowest BCUT2D eigenvalue weighted by Crippen LogP contribution is -2.29. The zero-order valence-electron chi connectivity index (χ0n) is 7.67. The molecule has 15 heavy (non-hydrogen) atoms. The standard InChI is InChI=1S/C9H9BrClNO2S/c10-5-3-6(15-8(5)11)7(9(13)14)12-4-1-2-4/h3-4,7,12H,1-2H2,(H,13,14). The normalized spacial score (nSPS) is 17.7. The van der Waals surface area contributed by atoms with E-state index in [2.05, 4.69) is 21.2 Å². The molecule has 1 saturated carbocycles. The van der Waals surface area contributed by atoms with Gasteiger partial charge in [0.1, 0.15) is 10.4 Å². The van der Waals surface area contributed by atoms with Crippen LogP contribution in [0.3, 0.4) is 0 Å². The minimum absolute atomic E-state index is 0.353. The van der Waals surface area contributed by atoms with Crippen LogP contribution in [0, 0.1) is 0 Å². The lowest BCUT2D eigenvalue weighted by atomic mass is 10.2. The van der Waals surface area contributed by atoms with Crippen LogP contribution in [0.25, 0.3) is 0 Å². The molecule has 1 aliphatic carbocycles. The highest BCUT2D eigenvalue weighted by Crippen LogP contribution is 2.36. The summed E-state index contributed by atoms with van der Waals surface area (Å²) in [6, 6.07) is 1.48. The first-order valence-electron chi connectivity index (χ1n) is 4.51. The molecule has 0 aromatic carbocycles. The van der Waals surface area contributed by atoms with Crippen LogP contribution in [0.5, 0.6) is 0 Å². The van der Waals surface area contributed by atoms with Crippen molar-refractivity contribution < 1.29 is 9.90 Å². The first-order valence-corrected chi connectivity index (χ1v) is 6.50. The van der Waals surface area contributed by atoms with E-state index in [-0.39, 0.29) is 0 Å². The molecule has 0 bridgehead atoms. The number of hydrogen-bond donors (Lipinski definition) is 2. The van der Waals surface area contributed by atoms with Crippen LogP contribution in [0.4, 0.5) is 0 Å². The van der Waals surface area contributed by atoms with Crippen LogP contribution in [0.15, 0.2) is 10.5 Å². The minimum Gasteiger partial charge on any atom is -0.480 e. The molecule has 0 aliphatic heterocycles. The summed E-state index contributed by atoms with van der Waals surface area (Å²) < 4.78 is 1.35. The van der Waals surface area contributed by atoms with Gasteiger partial charge in [0.05, 0.1) is 0 Å². The van der Waals surface area contributed by atoms with E-state index in [1.165, 1.54) is 11.3 Å². The Labute approximate surface area is 105 Å². The van der Waals surface area contributed by atoms with E-state index in [1.54, 1.807) is 6.07 Å². The average Bonchev–Trinajstić information content (AvgIpc) is 2.91. The number of carboxylic acid groups (broad SMARTS) is 1. The van der Waals surface area contributed by atoms with Crippen LogP contribution in [-0.4, -0.2) is 17.1 Å². The van der Waals surface area contributed by atoms with E-state index >= 15 is 0 Å². The molecule has 0 radical (unpaired) electrons. The molecule has 1 heterocycles. The molecule has 82 valence electrons. The van der Waals surface area contributed by atoms with Crippen LogP contribution >= 0.6 is 38.9 Å². The van der Waals surface area contributed by atoms with Gasteiger partial charge in [-0.25, -0.2) is 0 Å². The summed E-state index contributed by atoms with van der Waals surface area (Å²) in [5, 5.41) is 12.2. The van der Waals surface area contributed by atoms with Gasteiger partial charge in [-0.15, -0.1) is 11.3 Å². The van der Waals surface area contributed by atoms with E-state index in [0.717, 1.165) is 22.2 Å². The zero-order valence-corrected chi connectivity index (χ0v) is 10.8. The van der Waals surface area contributed by atoms with Crippen molar-refractivity contribution in [2.75, 3.05) is 0 Å². The second kappa shape index (κ2) is 4.41. The SMILES string of the molecule is O=C(O)C(NC1CC1)c1cc(Br)c(Cl)s1. The summed E-state index contributed by atoms with van der Waals surface area (Å²) in [6.07, 6.45) is 2.12. The maximum absolute atomic E-state index is 11.1. The van der Waals surface area contributed by atoms with Crippen molar-refractivity contribution in [3.63, 3.8) is 0 Å². The van der Waals surface area contributed by atoms with Crippen LogP contribution in [0.1, 0.15) is 23.8 Å². The predicted molar refractivity (Wildman–Crippen MR) is 63.6 cm³/mol. The summed E-state index contributed by atoms with van der Waals surface area (Å²) >= 11 is 10.5.